The summed E-state index contributed by atoms with van der Waals surface area (Å²) in [7, 11) is 5.22. The zero-order valence-electron chi connectivity index (χ0n) is 23.0. The maximum atomic E-state index is 12.9. The summed E-state index contributed by atoms with van der Waals surface area (Å²) >= 11 is 0. The van der Waals surface area contributed by atoms with Gasteiger partial charge >= 0.3 is 11.9 Å². The summed E-state index contributed by atoms with van der Waals surface area (Å²) in [6, 6.07) is -0.0133. The minimum Gasteiger partial charge on any atom is -0.462 e. The highest BCUT2D eigenvalue weighted by molar-refractivity contribution is 5.68. The van der Waals surface area contributed by atoms with Crippen LogP contribution in [0.4, 0.5) is 0 Å². The van der Waals surface area contributed by atoms with E-state index in [4.69, 9.17) is 23.7 Å². The topological polar surface area (TPSA) is 104 Å². The Hall–Kier alpha value is -1.26. The number of hydrogen-bond donors (Lipinski definition) is 1. The molecule has 0 aromatic rings. The Morgan fingerprint density at radius 2 is 1.81 bits per heavy atom. The fraction of sp³-hybridized carbons (Fsp3) is 0.929. The molecule has 208 valence electrons. The van der Waals surface area contributed by atoms with Crippen LogP contribution in [0.5, 0.6) is 0 Å². The maximum Gasteiger partial charge on any atom is 0.303 e. The van der Waals surface area contributed by atoms with E-state index in [1.165, 1.54) is 13.8 Å². The first-order valence-electron chi connectivity index (χ1n) is 14.0. The van der Waals surface area contributed by atoms with Crippen LogP contribution in [-0.2, 0) is 33.3 Å². The van der Waals surface area contributed by atoms with Crippen molar-refractivity contribution >= 4 is 11.9 Å². The Kier molecular flexibility index (Phi) is 6.05. The van der Waals surface area contributed by atoms with Crippen molar-refractivity contribution in [3.63, 3.8) is 0 Å². The molecule has 0 aromatic carbocycles. The van der Waals surface area contributed by atoms with Crippen molar-refractivity contribution in [3.05, 3.63) is 0 Å². The van der Waals surface area contributed by atoms with Gasteiger partial charge in [0.05, 0.1) is 24.9 Å². The quantitative estimate of drug-likeness (QED) is 0.501. The van der Waals surface area contributed by atoms with E-state index in [1.54, 1.807) is 21.3 Å². The van der Waals surface area contributed by atoms with E-state index in [-0.39, 0.29) is 65.2 Å². The van der Waals surface area contributed by atoms with Crippen molar-refractivity contribution in [2.75, 3.05) is 41.0 Å². The van der Waals surface area contributed by atoms with Crippen LogP contribution < -0.4 is 0 Å². The van der Waals surface area contributed by atoms with Gasteiger partial charge in [0.25, 0.3) is 0 Å². The number of rotatable bonds is 7. The summed E-state index contributed by atoms with van der Waals surface area (Å²) < 4.78 is 31.0. The average molecular weight is 522 g/mol. The van der Waals surface area contributed by atoms with Crippen molar-refractivity contribution in [2.45, 2.75) is 82.5 Å². The van der Waals surface area contributed by atoms with Gasteiger partial charge in [0.15, 0.2) is 0 Å². The zero-order valence-corrected chi connectivity index (χ0v) is 23.0. The monoisotopic (exact) mass is 521 g/mol. The van der Waals surface area contributed by atoms with Gasteiger partial charge in [-0.2, -0.15) is 0 Å². The van der Waals surface area contributed by atoms with Gasteiger partial charge in [-0.1, -0.05) is 6.92 Å². The molecule has 9 nitrogen and oxygen atoms in total. The Morgan fingerprint density at radius 1 is 1.05 bits per heavy atom. The fourth-order valence-corrected chi connectivity index (χ4v) is 11.4. The number of carbonyl (C=O) groups is 2. The molecule has 1 saturated heterocycles. The Morgan fingerprint density at radius 3 is 2.41 bits per heavy atom. The third-order valence-corrected chi connectivity index (χ3v) is 11.7. The van der Waals surface area contributed by atoms with Gasteiger partial charge in [0.1, 0.15) is 11.7 Å². The van der Waals surface area contributed by atoms with Crippen molar-refractivity contribution in [2.24, 2.45) is 40.4 Å². The normalized spacial score (nSPS) is 53.2. The van der Waals surface area contributed by atoms with Crippen molar-refractivity contribution in [3.8, 4) is 0 Å². The number of aliphatic hydroxyl groups is 1. The Bertz CT molecular complexity index is 960. The van der Waals surface area contributed by atoms with Crippen LogP contribution in [-0.4, -0.2) is 99.0 Å². The third kappa shape index (κ3) is 2.98. The van der Waals surface area contributed by atoms with Gasteiger partial charge in [-0.05, 0) is 31.7 Å². The lowest BCUT2D eigenvalue weighted by atomic mass is 9.43. The summed E-state index contributed by atoms with van der Waals surface area (Å²) in [5.74, 6) is -1.05. The largest absolute Gasteiger partial charge is 0.462 e. The number of likely N-dealkylation sites (tertiary alicyclic amines) is 1. The molecule has 0 unspecified atom stereocenters. The van der Waals surface area contributed by atoms with E-state index in [1.807, 2.05) is 0 Å². The van der Waals surface area contributed by atoms with Gasteiger partial charge < -0.3 is 28.8 Å². The molecule has 0 radical (unpaired) electrons. The predicted octanol–water partition coefficient (Wildman–Crippen LogP) is 1.64. The molecule has 1 heterocycles. The lowest BCUT2D eigenvalue weighted by Crippen LogP contribution is -2.76. The van der Waals surface area contributed by atoms with E-state index >= 15 is 0 Å². The van der Waals surface area contributed by atoms with Gasteiger partial charge in [-0.15, -0.1) is 0 Å². The molecule has 9 heteroatoms. The van der Waals surface area contributed by atoms with Crippen molar-refractivity contribution < 1.29 is 38.4 Å². The number of nitrogens with zero attached hydrogens (tertiary/aromatic N) is 1. The third-order valence-electron chi connectivity index (χ3n) is 11.7. The molecule has 6 fully saturated rings. The molecular formula is C28H43NO8. The number of methoxy groups -OCH3 is 3. The van der Waals surface area contributed by atoms with Crippen LogP contribution in [0.25, 0.3) is 0 Å². The maximum absolute atomic E-state index is 12.9. The summed E-state index contributed by atoms with van der Waals surface area (Å²) in [6.45, 7) is 7.38. The molecule has 1 spiro atoms. The van der Waals surface area contributed by atoms with E-state index in [0.717, 1.165) is 25.9 Å². The Labute approximate surface area is 219 Å². The SMILES string of the molecule is CCN1C[C@]2(COC)CC[C@H](O)[C@@]34[C@@H]5C[C@H]6[C@H](OC(C)=O)[C@@H]5[C@](OC(C)=O)(C[C@@H]6OC)[C@@H]([C@H](OC)[C@@H]23)[C@H]14. The second-order valence-electron chi connectivity index (χ2n) is 12.7. The van der Waals surface area contributed by atoms with E-state index in [0.29, 0.717) is 19.4 Å². The first kappa shape index (κ1) is 26.0. The van der Waals surface area contributed by atoms with Gasteiger partial charge in [0, 0.05) is 88.7 Å². The fourth-order valence-electron chi connectivity index (χ4n) is 11.4. The van der Waals surface area contributed by atoms with E-state index in [2.05, 4.69) is 11.8 Å². The molecule has 0 amide bonds. The van der Waals surface area contributed by atoms with Crippen molar-refractivity contribution in [1.29, 1.82) is 0 Å². The van der Waals surface area contributed by atoms with Gasteiger partial charge in [-0.3, -0.25) is 14.5 Å². The second-order valence-corrected chi connectivity index (χ2v) is 12.7. The van der Waals surface area contributed by atoms with Gasteiger partial charge in [-0.25, -0.2) is 0 Å². The lowest BCUT2D eigenvalue weighted by molar-refractivity contribution is -0.278. The summed E-state index contributed by atoms with van der Waals surface area (Å²) in [5.41, 5.74) is -1.57. The number of aliphatic hydroxyl groups excluding tert-OH is 1. The van der Waals surface area contributed by atoms with E-state index in [9.17, 15) is 14.7 Å². The number of piperidine rings is 1. The molecule has 0 aromatic heterocycles. The molecule has 5 saturated carbocycles. The molecule has 6 rings (SSSR count). The van der Waals surface area contributed by atoms with Crippen LogP contribution in [0.1, 0.15) is 46.5 Å². The smallest absolute Gasteiger partial charge is 0.303 e. The molecule has 6 aliphatic rings. The molecule has 13 atom stereocenters. The molecular weight excluding hydrogens is 478 g/mol. The van der Waals surface area contributed by atoms with Crippen LogP contribution in [0.15, 0.2) is 0 Å². The first-order valence-corrected chi connectivity index (χ1v) is 14.0. The first-order chi connectivity index (χ1) is 17.7. The number of esters is 2. The summed E-state index contributed by atoms with van der Waals surface area (Å²) in [4.78, 5) is 27.8. The average Bonchev–Trinajstić information content (AvgIpc) is 3.27. The number of carbonyl (C=O) groups excluding carboxylic acids is 2. The highest BCUT2D eigenvalue weighted by Crippen LogP contribution is 2.80. The van der Waals surface area contributed by atoms with Crippen LogP contribution in [0, 0.1) is 40.4 Å². The molecule has 7 bridgehead atoms. The van der Waals surface area contributed by atoms with Crippen LogP contribution >= 0.6 is 0 Å². The van der Waals surface area contributed by atoms with Crippen LogP contribution in [0.2, 0.25) is 0 Å². The molecule has 37 heavy (non-hydrogen) atoms. The van der Waals surface area contributed by atoms with Crippen LogP contribution in [0.3, 0.4) is 0 Å². The van der Waals surface area contributed by atoms with Gasteiger partial charge in [0.2, 0.25) is 0 Å². The number of ether oxygens (including phenoxy) is 5. The molecule has 5 aliphatic carbocycles. The predicted molar refractivity (Wildman–Crippen MR) is 131 cm³/mol. The standard InChI is InChI=1S/C28H43NO8/c1-7-29-12-26(13-33-4)9-8-19(32)28-17-10-16-18(34-5)11-27(37-15(3)31,20(17)22(16)36-14(2)30)21(25(28)29)23(35-6)24(26)28/h16-25,32H,7-13H2,1-6H3/t16-,17-,18+,19+,20-,21+,22+,23+,24+,25+,26+,27-,28+/m1/s1. The van der Waals surface area contributed by atoms with E-state index < -0.39 is 23.2 Å². The minimum atomic E-state index is -0.922. The number of fused-ring (bicyclic) bond motifs is 2. The summed E-state index contributed by atoms with van der Waals surface area (Å²) in [5, 5.41) is 12.1. The summed E-state index contributed by atoms with van der Waals surface area (Å²) in [6.07, 6.45) is 1.46. The van der Waals surface area contributed by atoms with Crippen molar-refractivity contribution in [1.82, 2.24) is 4.90 Å². The lowest BCUT2D eigenvalue weighted by Gasteiger charge is -2.69. The highest BCUT2D eigenvalue weighted by atomic mass is 16.6. The molecule has 1 aliphatic heterocycles. The minimum absolute atomic E-state index is 0.00590. The second kappa shape index (κ2) is 8.62. The highest BCUT2D eigenvalue weighted by Gasteiger charge is 2.87. The zero-order chi connectivity index (χ0) is 26.5. The number of hydrogen-bond acceptors (Lipinski definition) is 9. The molecule has 1 N–H and O–H groups in total. The Balaban J connectivity index is 1.65.